The molecule has 17 heavy (non-hydrogen) atoms. The summed E-state index contributed by atoms with van der Waals surface area (Å²) in [6, 6.07) is 0.737. The van der Waals surface area contributed by atoms with Crippen LogP contribution >= 0.6 is 0 Å². The third-order valence-electron chi connectivity index (χ3n) is 4.23. The molecule has 1 aliphatic carbocycles. The lowest BCUT2D eigenvalue weighted by Gasteiger charge is -2.32. The first kappa shape index (κ1) is 12.8. The summed E-state index contributed by atoms with van der Waals surface area (Å²) in [6.45, 7) is 8.23. The van der Waals surface area contributed by atoms with Gasteiger partial charge in [-0.1, -0.05) is 20.3 Å². The molecule has 2 aliphatic rings. The second-order valence-electron chi connectivity index (χ2n) is 6.21. The van der Waals surface area contributed by atoms with Crippen molar-refractivity contribution in [2.24, 2.45) is 5.41 Å². The second-order valence-corrected chi connectivity index (χ2v) is 6.21. The zero-order chi connectivity index (χ0) is 12.5. The predicted molar refractivity (Wildman–Crippen MR) is 68.8 cm³/mol. The van der Waals surface area contributed by atoms with Crippen LogP contribution in [0.2, 0.25) is 0 Å². The average molecular weight is 239 g/mol. The molecule has 4 heteroatoms. The highest BCUT2D eigenvalue weighted by Gasteiger charge is 2.36. The van der Waals surface area contributed by atoms with E-state index in [1.54, 1.807) is 0 Å². The number of nitrogens with one attached hydrogen (secondary N) is 3. The van der Waals surface area contributed by atoms with E-state index >= 15 is 0 Å². The quantitative estimate of drug-likeness (QED) is 0.662. The highest BCUT2D eigenvalue weighted by Crippen LogP contribution is 2.37. The van der Waals surface area contributed by atoms with Crippen molar-refractivity contribution in [2.75, 3.05) is 13.1 Å². The summed E-state index contributed by atoms with van der Waals surface area (Å²) >= 11 is 0. The van der Waals surface area contributed by atoms with E-state index in [0.29, 0.717) is 12.1 Å². The molecule has 2 rings (SSSR count). The van der Waals surface area contributed by atoms with E-state index in [-0.39, 0.29) is 17.4 Å². The SMILES string of the molecule is CC1CNC(C(=O)NC2CCCC2(C)C)CN1. The molecule has 3 N–H and O–H groups in total. The molecule has 0 spiro atoms. The van der Waals surface area contributed by atoms with E-state index in [4.69, 9.17) is 0 Å². The monoisotopic (exact) mass is 239 g/mol. The molecular formula is C13H25N3O. The van der Waals surface area contributed by atoms with Crippen LogP contribution in [0.1, 0.15) is 40.0 Å². The molecule has 1 heterocycles. The largest absolute Gasteiger partial charge is 0.351 e. The van der Waals surface area contributed by atoms with Gasteiger partial charge in [0.25, 0.3) is 0 Å². The van der Waals surface area contributed by atoms with E-state index in [1.807, 2.05) is 0 Å². The minimum atomic E-state index is -0.0670. The van der Waals surface area contributed by atoms with Gasteiger partial charge in [-0.3, -0.25) is 4.79 Å². The molecule has 98 valence electrons. The van der Waals surface area contributed by atoms with Crippen LogP contribution in [0.15, 0.2) is 0 Å². The maximum absolute atomic E-state index is 12.1. The molecule has 3 atom stereocenters. The topological polar surface area (TPSA) is 53.2 Å². The maximum atomic E-state index is 12.1. The Bertz CT molecular complexity index is 282. The minimum Gasteiger partial charge on any atom is -0.351 e. The van der Waals surface area contributed by atoms with Crippen molar-refractivity contribution in [1.82, 2.24) is 16.0 Å². The molecule has 0 radical (unpaired) electrons. The summed E-state index contributed by atoms with van der Waals surface area (Å²) in [5.41, 5.74) is 0.255. The van der Waals surface area contributed by atoms with Gasteiger partial charge >= 0.3 is 0 Å². The highest BCUT2D eigenvalue weighted by atomic mass is 16.2. The van der Waals surface area contributed by atoms with Crippen LogP contribution in [0.3, 0.4) is 0 Å². The van der Waals surface area contributed by atoms with Crippen LogP contribution in [0.25, 0.3) is 0 Å². The van der Waals surface area contributed by atoms with Gasteiger partial charge in [-0.2, -0.15) is 0 Å². The Balaban J connectivity index is 1.85. The normalized spacial score (nSPS) is 36.8. The van der Waals surface area contributed by atoms with Gasteiger partial charge < -0.3 is 16.0 Å². The molecule has 4 nitrogen and oxygen atoms in total. The molecule has 0 bridgehead atoms. The van der Waals surface area contributed by atoms with Gasteiger partial charge in [0.15, 0.2) is 0 Å². The van der Waals surface area contributed by atoms with Gasteiger partial charge in [0.05, 0.1) is 6.04 Å². The molecule has 1 saturated carbocycles. The lowest BCUT2D eigenvalue weighted by Crippen LogP contribution is -2.60. The van der Waals surface area contributed by atoms with Crippen LogP contribution in [-0.2, 0) is 4.79 Å². The van der Waals surface area contributed by atoms with Gasteiger partial charge in [-0.25, -0.2) is 0 Å². The number of rotatable bonds is 2. The van der Waals surface area contributed by atoms with Gasteiger partial charge in [-0.05, 0) is 25.2 Å². The standard InChI is InChI=1S/C13H25N3O/c1-9-7-15-10(8-14-9)12(17)16-11-5-4-6-13(11,2)3/h9-11,14-15H,4-8H2,1-3H3,(H,16,17). The smallest absolute Gasteiger partial charge is 0.238 e. The summed E-state index contributed by atoms with van der Waals surface area (Å²) in [5, 5.41) is 9.84. The van der Waals surface area contributed by atoms with Crippen molar-refractivity contribution in [3.63, 3.8) is 0 Å². The number of piperazine rings is 1. The molecule has 0 aromatic rings. The molecule has 1 saturated heterocycles. The van der Waals surface area contributed by atoms with E-state index < -0.39 is 0 Å². The molecule has 0 aromatic carbocycles. The summed E-state index contributed by atoms with van der Waals surface area (Å²) < 4.78 is 0. The Morgan fingerprint density at radius 2 is 2.06 bits per heavy atom. The lowest BCUT2D eigenvalue weighted by atomic mass is 9.87. The zero-order valence-electron chi connectivity index (χ0n) is 11.2. The van der Waals surface area contributed by atoms with Gasteiger partial charge in [0.2, 0.25) is 5.91 Å². The van der Waals surface area contributed by atoms with Crippen LogP contribution in [0.4, 0.5) is 0 Å². The summed E-state index contributed by atoms with van der Waals surface area (Å²) in [7, 11) is 0. The number of amides is 1. The summed E-state index contributed by atoms with van der Waals surface area (Å²) in [5.74, 6) is 0.157. The third-order valence-corrected chi connectivity index (χ3v) is 4.23. The maximum Gasteiger partial charge on any atom is 0.238 e. The Kier molecular flexibility index (Phi) is 3.73. The summed E-state index contributed by atoms with van der Waals surface area (Å²) in [6.07, 6.45) is 3.56. The van der Waals surface area contributed by atoms with Crippen molar-refractivity contribution in [1.29, 1.82) is 0 Å². The average Bonchev–Trinajstić information content (AvgIpc) is 2.59. The van der Waals surface area contributed by atoms with Crippen molar-refractivity contribution in [2.45, 2.75) is 58.2 Å². The first-order chi connectivity index (χ1) is 7.99. The van der Waals surface area contributed by atoms with Crippen LogP contribution < -0.4 is 16.0 Å². The van der Waals surface area contributed by atoms with Gasteiger partial charge in [0.1, 0.15) is 0 Å². The van der Waals surface area contributed by atoms with E-state index in [9.17, 15) is 4.79 Å². The van der Waals surface area contributed by atoms with Crippen molar-refractivity contribution in [3.8, 4) is 0 Å². The Morgan fingerprint density at radius 1 is 1.29 bits per heavy atom. The molecule has 1 amide bonds. The van der Waals surface area contributed by atoms with Crippen LogP contribution in [0.5, 0.6) is 0 Å². The third kappa shape index (κ3) is 2.99. The fourth-order valence-electron chi connectivity index (χ4n) is 2.83. The van der Waals surface area contributed by atoms with Gasteiger partial charge in [-0.15, -0.1) is 0 Å². The van der Waals surface area contributed by atoms with E-state index in [2.05, 4.69) is 36.7 Å². The zero-order valence-corrected chi connectivity index (χ0v) is 11.2. The molecule has 3 unspecified atom stereocenters. The number of hydrogen-bond acceptors (Lipinski definition) is 3. The Labute approximate surface area is 104 Å². The fraction of sp³-hybridized carbons (Fsp3) is 0.923. The first-order valence-electron chi connectivity index (χ1n) is 6.76. The van der Waals surface area contributed by atoms with E-state index in [1.165, 1.54) is 12.8 Å². The fourth-order valence-corrected chi connectivity index (χ4v) is 2.83. The Hall–Kier alpha value is -0.610. The van der Waals surface area contributed by atoms with Crippen molar-refractivity contribution < 1.29 is 4.79 Å². The predicted octanol–water partition coefficient (Wildman–Crippen LogP) is 0.631. The number of hydrogen-bond donors (Lipinski definition) is 3. The second kappa shape index (κ2) is 4.94. The molecule has 1 aliphatic heterocycles. The van der Waals surface area contributed by atoms with Crippen molar-refractivity contribution >= 4 is 5.91 Å². The number of carbonyl (C=O) groups is 1. The van der Waals surface area contributed by atoms with Crippen molar-refractivity contribution in [3.05, 3.63) is 0 Å². The molecule has 2 fully saturated rings. The Morgan fingerprint density at radius 3 is 2.59 bits per heavy atom. The molecular weight excluding hydrogens is 214 g/mol. The lowest BCUT2D eigenvalue weighted by molar-refractivity contribution is -0.124. The first-order valence-corrected chi connectivity index (χ1v) is 6.76. The van der Waals surface area contributed by atoms with E-state index in [0.717, 1.165) is 19.5 Å². The minimum absolute atomic E-state index is 0.0670. The van der Waals surface area contributed by atoms with Crippen LogP contribution in [-0.4, -0.2) is 37.1 Å². The molecule has 0 aromatic heterocycles. The number of carbonyl (C=O) groups excluding carboxylic acids is 1. The van der Waals surface area contributed by atoms with Crippen LogP contribution in [0, 0.1) is 5.41 Å². The highest BCUT2D eigenvalue weighted by molar-refractivity contribution is 5.82. The van der Waals surface area contributed by atoms with Gasteiger partial charge in [0, 0.05) is 25.2 Å². The summed E-state index contributed by atoms with van der Waals surface area (Å²) in [4.78, 5) is 12.1.